The van der Waals surface area contributed by atoms with E-state index >= 15 is 0 Å². The van der Waals surface area contributed by atoms with Crippen molar-refractivity contribution in [3.8, 4) is 22.8 Å². The molecule has 2 aromatic carbocycles. The van der Waals surface area contributed by atoms with E-state index in [2.05, 4.69) is 4.98 Å². The fourth-order valence-corrected chi connectivity index (χ4v) is 5.26. The number of anilines is 1. The van der Waals surface area contributed by atoms with E-state index < -0.39 is 12.8 Å². The molecule has 0 N–H and O–H groups in total. The topological polar surface area (TPSA) is 70.1 Å². The number of aromatic nitrogens is 1. The van der Waals surface area contributed by atoms with Crippen LogP contribution in [0.4, 0.5) is 18.9 Å². The average Bonchev–Trinajstić information content (AvgIpc) is 3.65. The van der Waals surface area contributed by atoms with Gasteiger partial charge in [0.05, 0.1) is 12.2 Å². The molecule has 3 aliphatic rings. The zero-order valence-electron chi connectivity index (χ0n) is 22.7. The van der Waals surface area contributed by atoms with Gasteiger partial charge in [0.2, 0.25) is 0 Å². The van der Waals surface area contributed by atoms with Crippen molar-refractivity contribution in [2.45, 2.75) is 63.6 Å². The maximum atomic E-state index is 13.5. The summed E-state index contributed by atoms with van der Waals surface area (Å²) >= 11 is 0. The first-order valence-corrected chi connectivity index (χ1v) is 13.8. The quantitative estimate of drug-likeness (QED) is 0.289. The van der Waals surface area contributed by atoms with Gasteiger partial charge in [0, 0.05) is 34.7 Å². The predicted molar refractivity (Wildman–Crippen MR) is 145 cm³/mol. The van der Waals surface area contributed by atoms with E-state index in [1.54, 1.807) is 36.1 Å². The first kappa shape index (κ1) is 27.5. The first-order chi connectivity index (χ1) is 19.7. The summed E-state index contributed by atoms with van der Waals surface area (Å²) in [4.78, 5) is 19.7. The molecule has 41 heavy (non-hydrogen) atoms. The Bertz CT molecular complexity index is 1420. The third-order valence-corrected chi connectivity index (χ3v) is 7.55. The van der Waals surface area contributed by atoms with Crippen molar-refractivity contribution in [2.24, 2.45) is 0 Å². The monoisotopic (exact) mass is 568 g/mol. The largest absolute Gasteiger partial charge is 0.491 e. The fourth-order valence-electron chi connectivity index (χ4n) is 5.26. The maximum absolute atomic E-state index is 13.5. The number of nitrogens with zero attached hydrogens (tertiary/aromatic N) is 2. The molecule has 6 rings (SSSR count). The van der Waals surface area contributed by atoms with E-state index in [9.17, 15) is 18.0 Å². The van der Waals surface area contributed by atoms with E-state index in [1.165, 1.54) is 6.07 Å². The van der Waals surface area contributed by atoms with Crippen molar-refractivity contribution < 1.29 is 36.9 Å². The van der Waals surface area contributed by atoms with Gasteiger partial charge >= 0.3 is 6.18 Å². The van der Waals surface area contributed by atoms with Crippen LogP contribution in [0.2, 0.25) is 0 Å². The number of aryl methyl sites for hydroxylation is 1. The van der Waals surface area contributed by atoms with Crippen LogP contribution < -0.4 is 14.4 Å². The summed E-state index contributed by atoms with van der Waals surface area (Å²) in [5.41, 5.74) is 2.91. The van der Waals surface area contributed by atoms with Crippen LogP contribution in [0, 0.1) is 6.92 Å². The normalized spacial score (nSPS) is 19.7. The molecule has 3 heterocycles. The summed E-state index contributed by atoms with van der Waals surface area (Å²) in [7, 11) is 0. The Morgan fingerprint density at radius 1 is 1.05 bits per heavy atom. The third kappa shape index (κ3) is 6.18. The van der Waals surface area contributed by atoms with Crippen molar-refractivity contribution in [3.05, 3.63) is 71.4 Å². The molecule has 1 amide bonds. The van der Waals surface area contributed by atoms with E-state index in [-0.39, 0.29) is 30.1 Å². The summed E-state index contributed by atoms with van der Waals surface area (Å²) in [6, 6.07) is 15.4. The summed E-state index contributed by atoms with van der Waals surface area (Å²) in [6.45, 7) is 1.73. The lowest BCUT2D eigenvalue weighted by Crippen LogP contribution is -2.33. The minimum Gasteiger partial charge on any atom is -0.491 e. The number of benzene rings is 2. The van der Waals surface area contributed by atoms with Gasteiger partial charge in [0.15, 0.2) is 12.9 Å². The second-order valence-corrected chi connectivity index (χ2v) is 10.8. The molecule has 2 fully saturated rings. The van der Waals surface area contributed by atoms with Crippen molar-refractivity contribution in [3.63, 3.8) is 0 Å². The molecule has 1 aliphatic carbocycles. The zero-order valence-corrected chi connectivity index (χ0v) is 22.7. The Morgan fingerprint density at radius 2 is 1.83 bits per heavy atom. The van der Waals surface area contributed by atoms with E-state index in [1.807, 2.05) is 24.3 Å². The Morgan fingerprint density at radius 3 is 2.54 bits per heavy atom. The molecular weight excluding hydrogens is 537 g/mol. The second kappa shape index (κ2) is 11.0. The molecule has 1 unspecified atom stereocenters. The SMILES string of the molecule is Cc1cc2c(c(-c3ccccc3OCC(F)(F)F)n1)CN(c1ccc(OCC3(OC4CCCCO4)CC3)cc1)C2=O. The number of ether oxygens (including phenoxy) is 4. The smallest absolute Gasteiger partial charge is 0.422 e. The van der Waals surface area contributed by atoms with Crippen LogP contribution in [-0.4, -0.2) is 48.8 Å². The van der Waals surface area contributed by atoms with Crippen LogP contribution in [0.15, 0.2) is 54.6 Å². The number of halogens is 3. The van der Waals surface area contributed by atoms with Gasteiger partial charge in [0.1, 0.15) is 23.7 Å². The fraction of sp³-hybridized carbons (Fsp3) is 0.419. The molecule has 1 aromatic heterocycles. The molecule has 0 spiro atoms. The molecule has 216 valence electrons. The molecule has 1 saturated heterocycles. The Labute approximate surface area is 236 Å². The van der Waals surface area contributed by atoms with Crippen molar-refractivity contribution >= 4 is 11.6 Å². The number of fused-ring (bicyclic) bond motifs is 1. The zero-order chi connectivity index (χ0) is 28.6. The van der Waals surface area contributed by atoms with Gasteiger partial charge in [-0.3, -0.25) is 9.78 Å². The standard InChI is InChI=1S/C31H31F3N2O5/c1-20-16-24-25(28(35-20)23-6-2-3-7-26(23)40-19-31(32,33)34)17-36(29(24)37)21-9-11-22(12-10-21)39-18-30(13-14-30)41-27-8-4-5-15-38-27/h2-3,6-7,9-12,16,27H,4-5,8,13-15,17-19H2,1H3. The number of hydrogen-bond donors (Lipinski definition) is 0. The molecule has 2 aliphatic heterocycles. The van der Waals surface area contributed by atoms with Gasteiger partial charge in [-0.25, -0.2) is 0 Å². The second-order valence-electron chi connectivity index (χ2n) is 10.8. The number of carbonyl (C=O) groups excluding carboxylic acids is 1. The number of carbonyl (C=O) groups is 1. The van der Waals surface area contributed by atoms with Crippen LogP contribution in [-0.2, 0) is 16.0 Å². The summed E-state index contributed by atoms with van der Waals surface area (Å²) in [6.07, 6.45) is 0.321. The van der Waals surface area contributed by atoms with Gasteiger partial charge in [-0.2, -0.15) is 13.2 Å². The molecule has 1 atom stereocenters. The number of para-hydroxylation sites is 1. The van der Waals surface area contributed by atoms with Gasteiger partial charge in [-0.1, -0.05) is 12.1 Å². The average molecular weight is 569 g/mol. The van der Waals surface area contributed by atoms with Crippen LogP contribution in [0.5, 0.6) is 11.5 Å². The lowest BCUT2D eigenvalue weighted by Gasteiger charge is -2.27. The first-order valence-electron chi connectivity index (χ1n) is 13.8. The molecule has 0 radical (unpaired) electrons. The third-order valence-electron chi connectivity index (χ3n) is 7.55. The van der Waals surface area contributed by atoms with Crippen LogP contribution in [0.3, 0.4) is 0 Å². The predicted octanol–water partition coefficient (Wildman–Crippen LogP) is 6.61. The number of rotatable bonds is 9. The van der Waals surface area contributed by atoms with E-state index in [0.29, 0.717) is 46.1 Å². The Hall–Kier alpha value is -3.63. The lowest BCUT2D eigenvalue weighted by molar-refractivity contribution is -0.202. The summed E-state index contributed by atoms with van der Waals surface area (Å²) in [5.74, 6) is 0.531. The highest BCUT2D eigenvalue weighted by molar-refractivity contribution is 6.11. The molecule has 3 aromatic rings. The highest BCUT2D eigenvalue weighted by atomic mass is 19.4. The molecule has 7 nitrogen and oxygen atoms in total. The molecule has 1 saturated carbocycles. The number of alkyl halides is 3. The number of pyridine rings is 1. The van der Waals surface area contributed by atoms with Crippen LogP contribution >= 0.6 is 0 Å². The van der Waals surface area contributed by atoms with E-state index in [0.717, 1.165) is 38.7 Å². The highest BCUT2D eigenvalue weighted by Crippen LogP contribution is 2.43. The van der Waals surface area contributed by atoms with Gasteiger partial charge in [0.25, 0.3) is 5.91 Å². The number of amides is 1. The van der Waals surface area contributed by atoms with Gasteiger partial charge in [-0.05, 0) is 81.5 Å². The highest BCUT2D eigenvalue weighted by Gasteiger charge is 2.47. The molecule has 10 heteroatoms. The van der Waals surface area contributed by atoms with Crippen LogP contribution in [0.25, 0.3) is 11.3 Å². The van der Waals surface area contributed by atoms with Crippen molar-refractivity contribution in [1.82, 2.24) is 4.98 Å². The lowest BCUT2D eigenvalue weighted by atomic mass is 10.0. The Kier molecular flexibility index (Phi) is 7.37. The Balaban J connectivity index is 1.17. The van der Waals surface area contributed by atoms with Gasteiger partial charge < -0.3 is 23.8 Å². The van der Waals surface area contributed by atoms with Crippen LogP contribution in [0.1, 0.15) is 53.7 Å². The van der Waals surface area contributed by atoms with Crippen molar-refractivity contribution in [1.29, 1.82) is 0 Å². The minimum absolute atomic E-state index is 0.0602. The summed E-state index contributed by atoms with van der Waals surface area (Å²) < 4.78 is 61.7. The maximum Gasteiger partial charge on any atom is 0.422 e. The number of hydrogen-bond acceptors (Lipinski definition) is 6. The molecule has 0 bridgehead atoms. The van der Waals surface area contributed by atoms with E-state index in [4.69, 9.17) is 18.9 Å². The summed E-state index contributed by atoms with van der Waals surface area (Å²) in [5, 5.41) is 0. The molecular formula is C31H31F3N2O5. The minimum atomic E-state index is -4.48. The van der Waals surface area contributed by atoms with Crippen molar-refractivity contribution in [2.75, 3.05) is 24.7 Å². The van der Waals surface area contributed by atoms with Gasteiger partial charge in [-0.15, -0.1) is 0 Å².